The monoisotopic (exact) mass is 265 g/mol. The van der Waals surface area contributed by atoms with E-state index in [4.69, 9.17) is 5.11 Å². The number of aliphatic carboxylic acids is 1. The molecule has 1 rings (SSSR count). The number of aromatic nitrogens is 1. The average Bonchev–Trinajstić information content (AvgIpc) is 2.35. The molecule has 1 aromatic heterocycles. The molecule has 2 amide bonds. The van der Waals surface area contributed by atoms with Crippen LogP contribution in [0.25, 0.3) is 0 Å². The summed E-state index contributed by atoms with van der Waals surface area (Å²) in [6.45, 7) is 5.48. The quantitative estimate of drug-likeness (QED) is 0.748. The Labute approximate surface area is 112 Å². The smallest absolute Gasteiger partial charge is 0.315 e. The maximum atomic E-state index is 11.6. The van der Waals surface area contributed by atoms with Crippen molar-refractivity contribution in [3.8, 4) is 0 Å². The first-order valence-corrected chi connectivity index (χ1v) is 5.97. The lowest BCUT2D eigenvalue weighted by Crippen LogP contribution is -2.43. The third kappa shape index (κ3) is 4.57. The SMILES string of the molecule is Cc1cnccc1CNC(=O)NCC(C)(C)C(=O)O. The second-order valence-corrected chi connectivity index (χ2v) is 5.03. The number of carboxylic acids is 1. The summed E-state index contributed by atoms with van der Waals surface area (Å²) in [6.07, 6.45) is 3.39. The fourth-order valence-corrected chi connectivity index (χ4v) is 1.32. The van der Waals surface area contributed by atoms with E-state index in [1.54, 1.807) is 26.2 Å². The molecule has 0 bridgehead atoms. The molecule has 0 aliphatic heterocycles. The number of aryl methyl sites for hydroxylation is 1. The highest BCUT2D eigenvalue weighted by molar-refractivity contribution is 5.77. The topological polar surface area (TPSA) is 91.3 Å². The van der Waals surface area contributed by atoms with Crippen LogP contribution in [0.4, 0.5) is 4.79 Å². The maximum Gasteiger partial charge on any atom is 0.315 e. The number of rotatable bonds is 5. The van der Waals surface area contributed by atoms with Gasteiger partial charge in [0.2, 0.25) is 0 Å². The lowest BCUT2D eigenvalue weighted by molar-refractivity contribution is -0.146. The molecule has 3 N–H and O–H groups in total. The second kappa shape index (κ2) is 6.17. The number of carboxylic acid groups (broad SMARTS) is 1. The zero-order valence-electron chi connectivity index (χ0n) is 11.4. The number of nitrogens with one attached hydrogen (secondary N) is 2. The number of urea groups is 1. The number of pyridine rings is 1. The van der Waals surface area contributed by atoms with Gasteiger partial charge in [0.15, 0.2) is 0 Å². The fourth-order valence-electron chi connectivity index (χ4n) is 1.32. The van der Waals surface area contributed by atoms with E-state index < -0.39 is 11.4 Å². The molecule has 0 unspecified atom stereocenters. The van der Waals surface area contributed by atoms with Crippen LogP contribution in [0.2, 0.25) is 0 Å². The molecule has 0 atom stereocenters. The van der Waals surface area contributed by atoms with E-state index in [2.05, 4.69) is 15.6 Å². The van der Waals surface area contributed by atoms with Gasteiger partial charge in [-0.15, -0.1) is 0 Å². The first kappa shape index (κ1) is 14.9. The van der Waals surface area contributed by atoms with Crippen LogP contribution in [0.5, 0.6) is 0 Å². The zero-order chi connectivity index (χ0) is 14.5. The molecular formula is C13H19N3O3. The normalized spacial score (nSPS) is 10.9. The van der Waals surface area contributed by atoms with Crippen molar-refractivity contribution in [2.45, 2.75) is 27.3 Å². The van der Waals surface area contributed by atoms with E-state index in [0.29, 0.717) is 6.54 Å². The Hall–Kier alpha value is -2.11. The molecule has 104 valence electrons. The Kier molecular flexibility index (Phi) is 4.86. The van der Waals surface area contributed by atoms with Gasteiger partial charge in [-0.2, -0.15) is 0 Å². The maximum absolute atomic E-state index is 11.6. The van der Waals surface area contributed by atoms with E-state index in [9.17, 15) is 9.59 Å². The molecule has 0 aliphatic rings. The number of hydrogen-bond donors (Lipinski definition) is 3. The number of amides is 2. The van der Waals surface area contributed by atoms with E-state index in [1.165, 1.54) is 0 Å². The molecule has 0 fully saturated rings. The second-order valence-electron chi connectivity index (χ2n) is 5.03. The highest BCUT2D eigenvalue weighted by Gasteiger charge is 2.27. The minimum absolute atomic E-state index is 0.0729. The minimum atomic E-state index is -0.982. The average molecular weight is 265 g/mol. The Balaban J connectivity index is 2.41. The van der Waals surface area contributed by atoms with Gasteiger partial charge in [-0.3, -0.25) is 9.78 Å². The van der Waals surface area contributed by atoms with Crippen LogP contribution in [-0.4, -0.2) is 28.6 Å². The van der Waals surface area contributed by atoms with Gasteiger partial charge in [0.05, 0.1) is 5.41 Å². The van der Waals surface area contributed by atoms with Crippen molar-refractivity contribution in [2.24, 2.45) is 5.41 Å². The van der Waals surface area contributed by atoms with Crippen LogP contribution >= 0.6 is 0 Å². The highest BCUT2D eigenvalue weighted by atomic mass is 16.4. The van der Waals surface area contributed by atoms with Crippen molar-refractivity contribution >= 4 is 12.0 Å². The van der Waals surface area contributed by atoms with Crippen molar-refractivity contribution in [1.82, 2.24) is 15.6 Å². The van der Waals surface area contributed by atoms with E-state index >= 15 is 0 Å². The van der Waals surface area contributed by atoms with E-state index in [0.717, 1.165) is 11.1 Å². The molecule has 0 saturated carbocycles. The van der Waals surface area contributed by atoms with Gasteiger partial charge in [-0.25, -0.2) is 4.79 Å². The summed E-state index contributed by atoms with van der Waals surface area (Å²) in [7, 11) is 0. The van der Waals surface area contributed by atoms with E-state index in [-0.39, 0.29) is 12.6 Å². The van der Waals surface area contributed by atoms with Crippen LogP contribution in [0.15, 0.2) is 18.5 Å². The van der Waals surface area contributed by atoms with Crippen LogP contribution in [0, 0.1) is 12.3 Å². The number of carbonyl (C=O) groups is 2. The van der Waals surface area contributed by atoms with Gasteiger partial charge < -0.3 is 15.7 Å². The Morgan fingerprint density at radius 3 is 2.63 bits per heavy atom. The van der Waals surface area contributed by atoms with Crippen molar-refractivity contribution in [2.75, 3.05) is 6.54 Å². The van der Waals surface area contributed by atoms with Crippen LogP contribution in [0.1, 0.15) is 25.0 Å². The molecule has 19 heavy (non-hydrogen) atoms. The molecule has 1 heterocycles. The number of carbonyl (C=O) groups excluding carboxylic acids is 1. The molecule has 6 heteroatoms. The summed E-state index contributed by atoms with van der Waals surface area (Å²) in [5.41, 5.74) is 0.987. The third-order valence-corrected chi connectivity index (χ3v) is 2.85. The zero-order valence-corrected chi connectivity index (χ0v) is 11.4. The minimum Gasteiger partial charge on any atom is -0.481 e. The molecule has 0 spiro atoms. The summed E-state index contributed by atoms with van der Waals surface area (Å²) >= 11 is 0. The van der Waals surface area contributed by atoms with Gasteiger partial charge in [-0.05, 0) is 38.0 Å². The van der Waals surface area contributed by atoms with Gasteiger partial charge in [0, 0.05) is 25.5 Å². The van der Waals surface area contributed by atoms with Gasteiger partial charge in [-0.1, -0.05) is 0 Å². The van der Waals surface area contributed by atoms with Gasteiger partial charge >= 0.3 is 12.0 Å². The standard InChI is InChI=1S/C13H19N3O3/c1-9-6-14-5-4-10(9)7-15-12(19)16-8-13(2,3)11(17)18/h4-6H,7-8H2,1-3H3,(H,17,18)(H2,15,16,19). The number of nitrogens with zero attached hydrogens (tertiary/aromatic N) is 1. The lowest BCUT2D eigenvalue weighted by Gasteiger charge is -2.19. The summed E-state index contributed by atoms with van der Waals surface area (Å²) in [5, 5.41) is 14.1. The first-order valence-electron chi connectivity index (χ1n) is 5.97. The summed E-state index contributed by atoms with van der Waals surface area (Å²) in [6, 6.07) is 1.45. The first-order chi connectivity index (χ1) is 8.83. The van der Waals surface area contributed by atoms with Gasteiger partial charge in [0.1, 0.15) is 0 Å². The Bertz CT molecular complexity index is 472. The largest absolute Gasteiger partial charge is 0.481 e. The molecule has 0 radical (unpaired) electrons. The van der Waals surface area contributed by atoms with Crippen molar-refractivity contribution in [3.63, 3.8) is 0 Å². The lowest BCUT2D eigenvalue weighted by atomic mass is 9.94. The summed E-state index contributed by atoms with van der Waals surface area (Å²) in [5.74, 6) is -0.947. The van der Waals surface area contributed by atoms with Crippen LogP contribution in [0.3, 0.4) is 0 Å². The third-order valence-electron chi connectivity index (χ3n) is 2.85. The van der Waals surface area contributed by atoms with Crippen molar-refractivity contribution in [1.29, 1.82) is 0 Å². The molecule has 0 aliphatic carbocycles. The highest BCUT2D eigenvalue weighted by Crippen LogP contribution is 2.12. The Morgan fingerprint density at radius 2 is 2.05 bits per heavy atom. The Morgan fingerprint density at radius 1 is 1.37 bits per heavy atom. The predicted octanol–water partition coefficient (Wildman–Crippen LogP) is 1.30. The molecular weight excluding hydrogens is 246 g/mol. The molecule has 1 aromatic rings. The van der Waals surface area contributed by atoms with Crippen molar-refractivity contribution < 1.29 is 14.7 Å². The van der Waals surface area contributed by atoms with Crippen LogP contribution in [-0.2, 0) is 11.3 Å². The summed E-state index contributed by atoms with van der Waals surface area (Å²) < 4.78 is 0. The number of hydrogen-bond acceptors (Lipinski definition) is 3. The van der Waals surface area contributed by atoms with Crippen LogP contribution < -0.4 is 10.6 Å². The summed E-state index contributed by atoms with van der Waals surface area (Å²) in [4.78, 5) is 26.4. The predicted molar refractivity (Wildman–Crippen MR) is 70.6 cm³/mol. The fraction of sp³-hybridized carbons (Fsp3) is 0.462. The van der Waals surface area contributed by atoms with E-state index in [1.807, 2.05) is 13.0 Å². The molecule has 6 nitrogen and oxygen atoms in total. The molecule has 0 aromatic carbocycles. The van der Waals surface area contributed by atoms with Crippen molar-refractivity contribution in [3.05, 3.63) is 29.6 Å². The van der Waals surface area contributed by atoms with Gasteiger partial charge in [0.25, 0.3) is 0 Å². The molecule has 0 saturated heterocycles.